The van der Waals surface area contributed by atoms with Gasteiger partial charge in [-0.05, 0) is 48.0 Å². The number of alkyl halides is 3. The molecule has 0 aliphatic carbocycles. The fraction of sp³-hybridized carbons (Fsp3) is 0.0952. The van der Waals surface area contributed by atoms with Crippen LogP contribution >= 0.6 is 0 Å². The predicted molar refractivity (Wildman–Crippen MR) is 104 cm³/mol. The number of nitrogens with two attached hydrogens (primary N) is 1. The molecule has 0 saturated carbocycles. The van der Waals surface area contributed by atoms with Gasteiger partial charge in [-0.1, -0.05) is 6.07 Å². The summed E-state index contributed by atoms with van der Waals surface area (Å²) < 4.78 is 52.6. The number of pyridine rings is 1. The molecular formula is C21H14F4N4O2. The van der Waals surface area contributed by atoms with Crippen molar-refractivity contribution < 1.29 is 27.2 Å². The minimum Gasteiger partial charge on any atom is -0.384 e. The van der Waals surface area contributed by atoms with Gasteiger partial charge in [0, 0.05) is 28.6 Å². The van der Waals surface area contributed by atoms with Gasteiger partial charge >= 0.3 is 6.18 Å². The van der Waals surface area contributed by atoms with Crippen molar-refractivity contribution in [1.82, 2.24) is 10.3 Å². The van der Waals surface area contributed by atoms with Crippen molar-refractivity contribution in [3.63, 3.8) is 0 Å². The van der Waals surface area contributed by atoms with Crippen LogP contribution in [0.2, 0.25) is 0 Å². The van der Waals surface area contributed by atoms with Crippen molar-refractivity contribution in [2.75, 3.05) is 11.1 Å². The Balaban J connectivity index is 1.72. The number of carbonyl (C=O) groups is 2. The molecule has 4 N–H and O–H groups in total. The van der Waals surface area contributed by atoms with Gasteiger partial charge < -0.3 is 16.4 Å². The van der Waals surface area contributed by atoms with E-state index >= 15 is 0 Å². The highest BCUT2D eigenvalue weighted by Crippen LogP contribution is 2.37. The van der Waals surface area contributed by atoms with Crippen molar-refractivity contribution in [3.8, 4) is 0 Å². The van der Waals surface area contributed by atoms with Crippen molar-refractivity contribution in [2.24, 2.45) is 0 Å². The number of benzene rings is 2. The molecule has 3 aromatic rings. The van der Waals surface area contributed by atoms with Gasteiger partial charge in [0.25, 0.3) is 11.8 Å². The van der Waals surface area contributed by atoms with Crippen LogP contribution in [0.1, 0.15) is 43.4 Å². The number of aromatic nitrogens is 1. The number of nitrogens with one attached hydrogen (secondary N) is 2. The lowest BCUT2D eigenvalue weighted by Crippen LogP contribution is -2.21. The second-order valence-electron chi connectivity index (χ2n) is 6.87. The SMILES string of the molecule is Nc1cc(C2NC(=O)c3cccc(NC(=O)c4cc(F)cc(C(F)(F)F)c4)c32)ccn1. The number of hydrogen-bond acceptors (Lipinski definition) is 4. The summed E-state index contributed by atoms with van der Waals surface area (Å²) in [6.07, 6.45) is -3.35. The number of nitrogens with zero attached hydrogens (tertiary/aromatic N) is 1. The number of amides is 2. The van der Waals surface area contributed by atoms with Gasteiger partial charge in [0.1, 0.15) is 11.6 Å². The van der Waals surface area contributed by atoms with Gasteiger partial charge in [-0.3, -0.25) is 9.59 Å². The summed E-state index contributed by atoms with van der Waals surface area (Å²) in [5.74, 6) is -2.32. The summed E-state index contributed by atoms with van der Waals surface area (Å²) in [5, 5.41) is 5.26. The number of rotatable bonds is 3. The normalized spacial score (nSPS) is 15.4. The van der Waals surface area contributed by atoms with E-state index in [-0.39, 0.29) is 17.1 Å². The second-order valence-corrected chi connectivity index (χ2v) is 6.87. The Morgan fingerprint density at radius 3 is 2.61 bits per heavy atom. The number of halogens is 4. The first-order chi connectivity index (χ1) is 14.6. The first kappa shape index (κ1) is 20.3. The average molecular weight is 430 g/mol. The quantitative estimate of drug-likeness (QED) is 0.549. The fourth-order valence-electron chi connectivity index (χ4n) is 3.44. The van der Waals surface area contributed by atoms with Crippen LogP contribution in [0.5, 0.6) is 0 Å². The largest absolute Gasteiger partial charge is 0.416 e. The molecule has 2 amide bonds. The van der Waals surface area contributed by atoms with Crippen LogP contribution in [0.3, 0.4) is 0 Å². The van der Waals surface area contributed by atoms with Crippen LogP contribution in [0.15, 0.2) is 54.7 Å². The number of hydrogen-bond donors (Lipinski definition) is 3. The molecule has 0 saturated heterocycles. The zero-order valence-electron chi connectivity index (χ0n) is 15.6. The molecular weight excluding hydrogens is 416 g/mol. The molecule has 0 fully saturated rings. The summed E-state index contributed by atoms with van der Waals surface area (Å²) in [6, 6.07) is 8.67. The molecule has 1 aliphatic heterocycles. The molecule has 0 radical (unpaired) electrons. The van der Waals surface area contributed by atoms with E-state index in [0.29, 0.717) is 29.3 Å². The third kappa shape index (κ3) is 3.91. The van der Waals surface area contributed by atoms with Crippen molar-refractivity contribution in [2.45, 2.75) is 12.2 Å². The van der Waals surface area contributed by atoms with E-state index < -0.39 is 41.0 Å². The van der Waals surface area contributed by atoms with Crippen LogP contribution in [0, 0.1) is 5.82 Å². The minimum absolute atomic E-state index is 0.194. The average Bonchev–Trinajstić information content (AvgIpc) is 3.05. The highest BCUT2D eigenvalue weighted by Gasteiger charge is 2.34. The Hall–Kier alpha value is -3.95. The van der Waals surface area contributed by atoms with Crippen LogP contribution < -0.4 is 16.4 Å². The van der Waals surface area contributed by atoms with Crippen LogP contribution in [-0.2, 0) is 6.18 Å². The lowest BCUT2D eigenvalue weighted by molar-refractivity contribution is -0.137. The Kier molecular flexibility index (Phi) is 4.84. The molecule has 1 unspecified atom stereocenters. The fourth-order valence-corrected chi connectivity index (χ4v) is 3.44. The summed E-state index contributed by atoms with van der Waals surface area (Å²) in [6.45, 7) is 0. The second kappa shape index (κ2) is 7.38. The zero-order valence-corrected chi connectivity index (χ0v) is 15.6. The van der Waals surface area contributed by atoms with Crippen LogP contribution in [0.25, 0.3) is 0 Å². The van der Waals surface area contributed by atoms with E-state index in [2.05, 4.69) is 15.6 Å². The maximum Gasteiger partial charge on any atom is 0.416 e. The third-order valence-electron chi connectivity index (χ3n) is 4.79. The lowest BCUT2D eigenvalue weighted by atomic mass is 9.97. The van der Waals surface area contributed by atoms with E-state index in [1.807, 2.05) is 0 Å². The number of anilines is 2. The first-order valence-electron chi connectivity index (χ1n) is 8.98. The molecule has 0 spiro atoms. The molecule has 2 aromatic carbocycles. The summed E-state index contributed by atoms with van der Waals surface area (Å²) >= 11 is 0. The summed E-state index contributed by atoms with van der Waals surface area (Å²) in [4.78, 5) is 28.9. The molecule has 31 heavy (non-hydrogen) atoms. The van der Waals surface area contributed by atoms with Gasteiger partial charge in [0.2, 0.25) is 0 Å². The topological polar surface area (TPSA) is 97.1 Å². The molecule has 158 valence electrons. The van der Waals surface area contributed by atoms with Crippen molar-refractivity contribution in [1.29, 1.82) is 0 Å². The highest BCUT2D eigenvalue weighted by atomic mass is 19.4. The highest BCUT2D eigenvalue weighted by molar-refractivity contribution is 6.07. The molecule has 6 nitrogen and oxygen atoms in total. The van der Waals surface area contributed by atoms with Gasteiger partial charge in [-0.15, -0.1) is 0 Å². The van der Waals surface area contributed by atoms with Gasteiger partial charge in [0.05, 0.1) is 11.6 Å². The van der Waals surface area contributed by atoms with E-state index in [1.165, 1.54) is 18.3 Å². The van der Waals surface area contributed by atoms with Crippen molar-refractivity contribution in [3.05, 3.63) is 88.4 Å². The van der Waals surface area contributed by atoms with Gasteiger partial charge in [-0.25, -0.2) is 9.37 Å². The van der Waals surface area contributed by atoms with Crippen LogP contribution in [-0.4, -0.2) is 16.8 Å². The lowest BCUT2D eigenvalue weighted by Gasteiger charge is -2.17. The Labute approximate surface area is 173 Å². The summed E-state index contributed by atoms with van der Waals surface area (Å²) in [5.41, 5.74) is 5.43. The number of carbonyl (C=O) groups excluding carboxylic acids is 2. The molecule has 0 bridgehead atoms. The van der Waals surface area contributed by atoms with E-state index in [9.17, 15) is 27.2 Å². The Morgan fingerprint density at radius 2 is 1.90 bits per heavy atom. The molecule has 1 aliphatic rings. The molecule has 4 rings (SSSR count). The maximum absolute atomic E-state index is 13.7. The van der Waals surface area contributed by atoms with E-state index in [4.69, 9.17) is 5.73 Å². The van der Waals surface area contributed by atoms with E-state index in [1.54, 1.807) is 18.2 Å². The Bertz CT molecular complexity index is 1210. The third-order valence-corrected chi connectivity index (χ3v) is 4.79. The number of fused-ring (bicyclic) bond motifs is 1. The molecule has 2 heterocycles. The van der Waals surface area contributed by atoms with Crippen LogP contribution in [0.4, 0.5) is 29.1 Å². The smallest absolute Gasteiger partial charge is 0.384 e. The monoisotopic (exact) mass is 430 g/mol. The van der Waals surface area contributed by atoms with Crippen molar-refractivity contribution >= 4 is 23.3 Å². The zero-order chi connectivity index (χ0) is 22.3. The minimum atomic E-state index is -4.81. The Morgan fingerprint density at radius 1 is 1.13 bits per heavy atom. The maximum atomic E-state index is 13.7. The first-order valence-corrected chi connectivity index (χ1v) is 8.98. The standard InChI is InChI=1S/C21H14F4N4O2/c22-13-7-11(6-12(9-13)21(23,24)25)19(30)28-15-3-1-2-14-17(15)18(29-20(14)31)10-4-5-27-16(26)8-10/h1-9,18H,(H2,26,27)(H,28,30)(H,29,31). The van der Waals surface area contributed by atoms with Gasteiger partial charge in [0.15, 0.2) is 0 Å². The number of nitrogen functional groups attached to an aromatic ring is 1. The summed E-state index contributed by atoms with van der Waals surface area (Å²) in [7, 11) is 0. The molecule has 1 aromatic heterocycles. The molecule has 1 atom stereocenters. The molecule has 10 heteroatoms. The van der Waals surface area contributed by atoms with E-state index in [0.717, 1.165) is 0 Å². The van der Waals surface area contributed by atoms with Gasteiger partial charge in [-0.2, -0.15) is 13.2 Å². The predicted octanol–water partition coefficient (Wildman–Crippen LogP) is 3.91.